The molecular formula is C18H28O2. The molecule has 3 aliphatic rings. The summed E-state index contributed by atoms with van der Waals surface area (Å²) in [5.74, 6) is 3.15. The van der Waals surface area contributed by atoms with Crippen molar-refractivity contribution in [1.29, 1.82) is 0 Å². The second kappa shape index (κ2) is 5.91. The Kier molecular flexibility index (Phi) is 4.18. The Morgan fingerprint density at radius 1 is 0.950 bits per heavy atom. The Morgan fingerprint density at radius 2 is 1.60 bits per heavy atom. The van der Waals surface area contributed by atoms with Crippen molar-refractivity contribution in [1.82, 2.24) is 0 Å². The minimum atomic E-state index is -0.179. The summed E-state index contributed by atoms with van der Waals surface area (Å²) in [5, 5.41) is 0. The topological polar surface area (TPSA) is 26.3 Å². The van der Waals surface area contributed by atoms with Gasteiger partial charge in [0.15, 0.2) is 0 Å². The van der Waals surface area contributed by atoms with E-state index in [9.17, 15) is 4.79 Å². The van der Waals surface area contributed by atoms with Crippen LogP contribution in [0.4, 0.5) is 0 Å². The Morgan fingerprint density at radius 3 is 2.30 bits per heavy atom. The van der Waals surface area contributed by atoms with Crippen LogP contribution >= 0.6 is 0 Å². The van der Waals surface area contributed by atoms with Crippen molar-refractivity contribution in [2.75, 3.05) is 0 Å². The third-order valence-electron chi connectivity index (χ3n) is 6.00. The lowest BCUT2D eigenvalue weighted by molar-refractivity contribution is -0.153. The molecule has 0 radical (unpaired) electrons. The second-order valence-electron chi connectivity index (χ2n) is 7.35. The van der Waals surface area contributed by atoms with Gasteiger partial charge in [-0.3, -0.25) is 0 Å². The van der Waals surface area contributed by atoms with Crippen molar-refractivity contribution < 1.29 is 9.53 Å². The Labute approximate surface area is 123 Å². The van der Waals surface area contributed by atoms with E-state index >= 15 is 0 Å². The minimum absolute atomic E-state index is 0.167. The van der Waals surface area contributed by atoms with E-state index < -0.39 is 0 Å². The highest BCUT2D eigenvalue weighted by molar-refractivity contribution is 5.87. The van der Waals surface area contributed by atoms with Crippen molar-refractivity contribution in [3.63, 3.8) is 0 Å². The van der Waals surface area contributed by atoms with Crippen molar-refractivity contribution in [2.45, 2.75) is 70.8 Å². The van der Waals surface area contributed by atoms with Crippen LogP contribution in [0.2, 0.25) is 0 Å². The standard InChI is InChI=1S/C18H28O2/c1-12(2)18(19)20-17-9-5-8-15-10-13-6-3-4-7-14(13)11-16(15)17/h13-17H,1,3-11H2,2H3/t13?,14?,15?,16?,17-/m1/s1. The van der Waals surface area contributed by atoms with Crippen LogP contribution in [0.15, 0.2) is 12.2 Å². The van der Waals surface area contributed by atoms with Crippen LogP contribution in [-0.2, 0) is 9.53 Å². The quantitative estimate of drug-likeness (QED) is 0.548. The first-order valence-electron chi connectivity index (χ1n) is 8.51. The molecule has 0 N–H and O–H groups in total. The first-order chi connectivity index (χ1) is 9.65. The van der Waals surface area contributed by atoms with Crippen molar-refractivity contribution >= 4 is 5.97 Å². The fraction of sp³-hybridized carbons (Fsp3) is 0.833. The van der Waals surface area contributed by atoms with Gasteiger partial charge in [-0.25, -0.2) is 4.79 Å². The average molecular weight is 276 g/mol. The van der Waals surface area contributed by atoms with Gasteiger partial charge in [0, 0.05) is 5.57 Å². The number of hydrogen-bond donors (Lipinski definition) is 0. The van der Waals surface area contributed by atoms with E-state index in [4.69, 9.17) is 4.74 Å². The molecule has 0 spiro atoms. The number of carbonyl (C=O) groups is 1. The molecule has 5 atom stereocenters. The molecule has 0 heterocycles. The van der Waals surface area contributed by atoms with Crippen molar-refractivity contribution in [3.05, 3.63) is 12.2 Å². The number of rotatable bonds is 2. The monoisotopic (exact) mass is 276 g/mol. The molecule has 0 aromatic heterocycles. The van der Waals surface area contributed by atoms with E-state index in [0.29, 0.717) is 11.5 Å². The lowest BCUT2D eigenvalue weighted by Crippen LogP contribution is -2.43. The molecule has 0 amide bonds. The molecule has 3 saturated carbocycles. The molecule has 2 heteroatoms. The molecule has 3 fully saturated rings. The summed E-state index contributed by atoms with van der Waals surface area (Å²) in [5.41, 5.74) is 0.540. The molecule has 3 rings (SSSR count). The zero-order valence-electron chi connectivity index (χ0n) is 12.8. The molecule has 0 bridgehead atoms. The summed E-state index contributed by atoms with van der Waals surface area (Å²) in [6, 6.07) is 0. The van der Waals surface area contributed by atoms with Gasteiger partial charge >= 0.3 is 5.97 Å². The lowest BCUT2D eigenvalue weighted by atomic mass is 9.59. The van der Waals surface area contributed by atoms with Gasteiger partial charge < -0.3 is 4.74 Å². The lowest BCUT2D eigenvalue weighted by Gasteiger charge is -2.48. The largest absolute Gasteiger partial charge is 0.459 e. The third kappa shape index (κ3) is 2.80. The second-order valence-corrected chi connectivity index (χ2v) is 7.35. The maximum absolute atomic E-state index is 11.8. The zero-order chi connectivity index (χ0) is 14.1. The van der Waals surface area contributed by atoms with Crippen LogP contribution in [0.3, 0.4) is 0 Å². The van der Waals surface area contributed by atoms with Crippen LogP contribution in [0.25, 0.3) is 0 Å². The first-order valence-corrected chi connectivity index (χ1v) is 8.51. The summed E-state index contributed by atoms with van der Waals surface area (Å²) in [6.07, 6.45) is 12.2. The summed E-state index contributed by atoms with van der Waals surface area (Å²) in [6.45, 7) is 5.47. The van der Waals surface area contributed by atoms with E-state index in [1.807, 2.05) is 0 Å². The molecule has 0 aromatic carbocycles. The Hall–Kier alpha value is -0.790. The predicted octanol–water partition coefficient (Wildman–Crippen LogP) is 4.49. The molecule has 20 heavy (non-hydrogen) atoms. The minimum Gasteiger partial charge on any atom is -0.459 e. The number of carbonyl (C=O) groups excluding carboxylic acids is 1. The van der Waals surface area contributed by atoms with Gasteiger partial charge in [0.2, 0.25) is 0 Å². The van der Waals surface area contributed by atoms with E-state index in [2.05, 4.69) is 6.58 Å². The number of ether oxygens (including phenoxy) is 1. The van der Waals surface area contributed by atoms with Crippen LogP contribution < -0.4 is 0 Å². The fourth-order valence-electron chi connectivity index (χ4n) is 4.98. The summed E-state index contributed by atoms with van der Waals surface area (Å²) >= 11 is 0. The van der Waals surface area contributed by atoms with Gasteiger partial charge in [-0.2, -0.15) is 0 Å². The summed E-state index contributed by atoms with van der Waals surface area (Å²) in [4.78, 5) is 11.8. The van der Waals surface area contributed by atoms with E-state index in [-0.39, 0.29) is 12.1 Å². The van der Waals surface area contributed by atoms with E-state index in [1.165, 1.54) is 51.4 Å². The van der Waals surface area contributed by atoms with Crippen molar-refractivity contribution in [2.24, 2.45) is 23.7 Å². The van der Waals surface area contributed by atoms with Gasteiger partial charge in [-0.05, 0) is 62.7 Å². The molecule has 0 aromatic rings. The highest BCUT2D eigenvalue weighted by atomic mass is 16.5. The molecule has 0 aliphatic heterocycles. The molecule has 0 saturated heterocycles. The third-order valence-corrected chi connectivity index (χ3v) is 6.00. The SMILES string of the molecule is C=C(C)C(=O)O[C@@H]1CCCC2CC3CCCCC3CC21. The summed E-state index contributed by atoms with van der Waals surface area (Å²) < 4.78 is 5.76. The van der Waals surface area contributed by atoms with E-state index in [0.717, 1.165) is 24.2 Å². The zero-order valence-corrected chi connectivity index (χ0v) is 12.8. The first kappa shape index (κ1) is 14.2. The predicted molar refractivity (Wildman–Crippen MR) is 80.2 cm³/mol. The van der Waals surface area contributed by atoms with Crippen LogP contribution in [0.1, 0.15) is 64.7 Å². The molecule has 3 aliphatic carbocycles. The maximum atomic E-state index is 11.8. The van der Waals surface area contributed by atoms with Crippen molar-refractivity contribution in [3.8, 4) is 0 Å². The molecule has 112 valence electrons. The average Bonchev–Trinajstić information content (AvgIpc) is 2.45. The maximum Gasteiger partial charge on any atom is 0.333 e. The van der Waals surface area contributed by atoms with Gasteiger partial charge in [-0.1, -0.05) is 32.3 Å². The van der Waals surface area contributed by atoms with E-state index in [1.54, 1.807) is 6.92 Å². The molecule has 2 nitrogen and oxygen atoms in total. The van der Waals surface area contributed by atoms with Gasteiger partial charge in [0.05, 0.1) is 0 Å². The highest BCUT2D eigenvalue weighted by Crippen LogP contribution is 2.50. The molecule has 4 unspecified atom stereocenters. The normalized spacial score (nSPS) is 40.4. The fourth-order valence-corrected chi connectivity index (χ4v) is 4.98. The van der Waals surface area contributed by atoms with Gasteiger partial charge in [0.1, 0.15) is 6.10 Å². The smallest absolute Gasteiger partial charge is 0.333 e. The number of fused-ring (bicyclic) bond motifs is 2. The summed E-state index contributed by atoms with van der Waals surface area (Å²) in [7, 11) is 0. The molecular weight excluding hydrogens is 248 g/mol. The Bertz CT molecular complexity index is 387. The van der Waals surface area contributed by atoms with Gasteiger partial charge in [0.25, 0.3) is 0 Å². The number of esters is 1. The van der Waals surface area contributed by atoms with Gasteiger partial charge in [-0.15, -0.1) is 0 Å². The Balaban J connectivity index is 1.67. The van der Waals surface area contributed by atoms with Crippen LogP contribution in [0, 0.1) is 23.7 Å². The highest BCUT2D eigenvalue weighted by Gasteiger charge is 2.44. The number of hydrogen-bond acceptors (Lipinski definition) is 2. The van der Waals surface area contributed by atoms with Crippen LogP contribution in [0.5, 0.6) is 0 Å². The van der Waals surface area contributed by atoms with Crippen LogP contribution in [-0.4, -0.2) is 12.1 Å².